The average Bonchev–Trinajstić information content (AvgIpc) is 2.91. The summed E-state index contributed by atoms with van der Waals surface area (Å²) < 4.78 is 0. The number of anilines is 1. The van der Waals surface area contributed by atoms with Gasteiger partial charge >= 0.3 is 0 Å². The third kappa shape index (κ3) is 2.47. The molecule has 0 amide bonds. The van der Waals surface area contributed by atoms with Gasteiger partial charge in [0.25, 0.3) is 0 Å². The van der Waals surface area contributed by atoms with Crippen LogP contribution in [0.5, 0.6) is 0 Å². The second-order valence-corrected chi connectivity index (χ2v) is 4.94. The SMILES string of the molecule is Nc1ccc(C(CO)(CCO)c2ccc[nH]2)c(Cl)c1. The van der Waals surface area contributed by atoms with Gasteiger partial charge < -0.3 is 20.9 Å². The summed E-state index contributed by atoms with van der Waals surface area (Å²) in [5.74, 6) is 0. The van der Waals surface area contributed by atoms with Crippen molar-refractivity contribution in [2.45, 2.75) is 11.8 Å². The number of hydrogen-bond acceptors (Lipinski definition) is 3. The molecule has 1 unspecified atom stereocenters. The molecule has 1 aromatic heterocycles. The molecular formula is C14H17ClN2O2. The van der Waals surface area contributed by atoms with Crippen molar-refractivity contribution in [2.75, 3.05) is 18.9 Å². The smallest absolute Gasteiger partial charge is 0.0620 e. The van der Waals surface area contributed by atoms with Crippen LogP contribution in [0.15, 0.2) is 36.5 Å². The molecule has 1 aromatic carbocycles. The summed E-state index contributed by atoms with van der Waals surface area (Å²) >= 11 is 6.26. The quantitative estimate of drug-likeness (QED) is 0.632. The standard InChI is InChI=1S/C14H17ClN2O2/c15-12-8-10(16)3-4-11(12)14(9-19,5-7-18)13-2-1-6-17-13/h1-4,6,8,17-19H,5,7,9,16H2. The molecule has 2 rings (SSSR count). The number of nitrogens with two attached hydrogens (primary N) is 1. The molecule has 0 aliphatic carbocycles. The van der Waals surface area contributed by atoms with Crippen LogP contribution in [-0.2, 0) is 5.41 Å². The van der Waals surface area contributed by atoms with Gasteiger partial charge in [0.05, 0.1) is 12.0 Å². The van der Waals surface area contributed by atoms with Gasteiger partial charge in [-0.25, -0.2) is 0 Å². The largest absolute Gasteiger partial charge is 0.399 e. The fraction of sp³-hybridized carbons (Fsp3) is 0.286. The third-order valence-electron chi connectivity index (χ3n) is 3.43. The van der Waals surface area contributed by atoms with Gasteiger partial charge in [-0.15, -0.1) is 0 Å². The van der Waals surface area contributed by atoms with E-state index in [1.807, 2.05) is 12.1 Å². The van der Waals surface area contributed by atoms with Gasteiger partial charge in [-0.2, -0.15) is 0 Å². The Labute approximate surface area is 116 Å². The number of nitrogens with one attached hydrogen (secondary N) is 1. The molecule has 5 N–H and O–H groups in total. The lowest BCUT2D eigenvalue weighted by Crippen LogP contribution is -2.34. The third-order valence-corrected chi connectivity index (χ3v) is 3.74. The molecule has 4 nitrogen and oxygen atoms in total. The molecule has 1 heterocycles. The van der Waals surface area contributed by atoms with Gasteiger partial charge in [0.2, 0.25) is 0 Å². The fourth-order valence-corrected chi connectivity index (χ4v) is 2.77. The molecule has 2 aromatic rings. The number of halogens is 1. The van der Waals surface area contributed by atoms with Crippen LogP contribution in [0.2, 0.25) is 5.02 Å². The van der Waals surface area contributed by atoms with Crippen molar-refractivity contribution in [3.63, 3.8) is 0 Å². The minimum atomic E-state index is -0.747. The molecule has 0 radical (unpaired) electrons. The number of aliphatic hydroxyl groups excluding tert-OH is 2. The van der Waals surface area contributed by atoms with Crippen LogP contribution in [0.3, 0.4) is 0 Å². The van der Waals surface area contributed by atoms with Crippen LogP contribution in [0.1, 0.15) is 17.7 Å². The van der Waals surface area contributed by atoms with E-state index in [0.717, 1.165) is 11.3 Å². The number of aromatic amines is 1. The Hall–Kier alpha value is -1.49. The van der Waals surface area contributed by atoms with E-state index in [0.29, 0.717) is 17.1 Å². The second-order valence-electron chi connectivity index (χ2n) is 4.54. The van der Waals surface area contributed by atoms with E-state index in [4.69, 9.17) is 17.3 Å². The Morgan fingerprint density at radius 3 is 2.58 bits per heavy atom. The first-order chi connectivity index (χ1) is 9.14. The van der Waals surface area contributed by atoms with E-state index in [1.165, 1.54) is 0 Å². The lowest BCUT2D eigenvalue weighted by Gasteiger charge is -2.32. The maximum atomic E-state index is 9.91. The first-order valence-electron chi connectivity index (χ1n) is 6.05. The molecule has 0 fully saturated rings. The van der Waals surface area contributed by atoms with Crippen LogP contribution in [0.4, 0.5) is 5.69 Å². The topological polar surface area (TPSA) is 82.3 Å². The predicted octanol–water partition coefficient (Wildman–Crippen LogP) is 1.91. The van der Waals surface area contributed by atoms with Crippen molar-refractivity contribution in [3.05, 3.63) is 52.8 Å². The summed E-state index contributed by atoms with van der Waals surface area (Å²) in [5.41, 5.74) is 7.09. The zero-order chi connectivity index (χ0) is 13.9. The Morgan fingerprint density at radius 1 is 1.26 bits per heavy atom. The van der Waals surface area contributed by atoms with E-state index >= 15 is 0 Å². The Balaban J connectivity index is 2.60. The zero-order valence-corrected chi connectivity index (χ0v) is 11.2. The van der Waals surface area contributed by atoms with Gasteiger partial charge in [-0.3, -0.25) is 0 Å². The Kier molecular flexibility index (Phi) is 4.14. The maximum absolute atomic E-state index is 9.91. The summed E-state index contributed by atoms with van der Waals surface area (Å²) in [4.78, 5) is 3.09. The molecular weight excluding hydrogens is 264 g/mol. The van der Waals surface area contributed by atoms with E-state index < -0.39 is 5.41 Å². The number of aromatic nitrogens is 1. The number of rotatable bonds is 5. The fourth-order valence-electron chi connectivity index (χ4n) is 2.40. The molecule has 5 heteroatoms. The summed E-state index contributed by atoms with van der Waals surface area (Å²) in [7, 11) is 0. The maximum Gasteiger partial charge on any atom is 0.0620 e. The summed E-state index contributed by atoms with van der Waals surface area (Å²) in [6.45, 7) is -0.210. The number of nitrogen functional groups attached to an aromatic ring is 1. The molecule has 0 spiro atoms. The van der Waals surface area contributed by atoms with Gasteiger partial charge in [0.15, 0.2) is 0 Å². The highest BCUT2D eigenvalue weighted by molar-refractivity contribution is 6.31. The van der Waals surface area contributed by atoms with Crippen molar-refractivity contribution in [1.82, 2.24) is 4.98 Å². The van der Waals surface area contributed by atoms with Crippen molar-refractivity contribution in [2.24, 2.45) is 0 Å². The van der Waals surface area contributed by atoms with E-state index in [1.54, 1.807) is 24.4 Å². The lowest BCUT2D eigenvalue weighted by atomic mass is 9.75. The van der Waals surface area contributed by atoms with E-state index in [9.17, 15) is 10.2 Å². The van der Waals surface area contributed by atoms with Crippen molar-refractivity contribution >= 4 is 17.3 Å². The molecule has 0 saturated carbocycles. The zero-order valence-electron chi connectivity index (χ0n) is 10.4. The van der Waals surface area contributed by atoms with Gasteiger partial charge in [0, 0.05) is 29.2 Å². The van der Waals surface area contributed by atoms with Crippen LogP contribution < -0.4 is 5.73 Å². The molecule has 19 heavy (non-hydrogen) atoms. The van der Waals surface area contributed by atoms with Crippen LogP contribution in [-0.4, -0.2) is 28.4 Å². The molecule has 0 aliphatic heterocycles. The molecule has 102 valence electrons. The van der Waals surface area contributed by atoms with Gasteiger partial charge in [-0.05, 0) is 36.2 Å². The van der Waals surface area contributed by atoms with Gasteiger partial charge in [-0.1, -0.05) is 17.7 Å². The molecule has 0 bridgehead atoms. The van der Waals surface area contributed by atoms with Crippen LogP contribution in [0.25, 0.3) is 0 Å². The summed E-state index contributed by atoms with van der Waals surface area (Å²) in [5, 5.41) is 19.7. The van der Waals surface area contributed by atoms with E-state index in [2.05, 4.69) is 4.98 Å². The molecule has 0 saturated heterocycles. The summed E-state index contributed by atoms with van der Waals surface area (Å²) in [6.07, 6.45) is 2.15. The lowest BCUT2D eigenvalue weighted by molar-refractivity contribution is 0.174. The van der Waals surface area contributed by atoms with Crippen molar-refractivity contribution < 1.29 is 10.2 Å². The van der Waals surface area contributed by atoms with Crippen LogP contribution in [0, 0.1) is 0 Å². The molecule has 1 atom stereocenters. The highest BCUT2D eigenvalue weighted by Gasteiger charge is 2.36. The predicted molar refractivity (Wildman–Crippen MR) is 76.2 cm³/mol. The number of hydrogen-bond donors (Lipinski definition) is 4. The number of aliphatic hydroxyl groups is 2. The molecule has 0 aliphatic rings. The summed E-state index contributed by atoms with van der Waals surface area (Å²) in [6, 6.07) is 8.92. The number of H-pyrrole nitrogens is 1. The van der Waals surface area contributed by atoms with Gasteiger partial charge in [0.1, 0.15) is 0 Å². The normalized spacial score (nSPS) is 14.3. The Morgan fingerprint density at radius 2 is 2.05 bits per heavy atom. The monoisotopic (exact) mass is 280 g/mol. The highest BCUT2D eigenvalue weighted by Crippen LogP contribution is 2.38. The minimum Gasteiger partial charge on any atom is -0.399 e. The first kappa shape index (κ1) is 13.9. The Bertz CT molecular complexity index is 542. The number of benzene rings is 1. The highest BCUT2D eigenvalue weighted by atomic mass is 35.5. The second kappa shape index (κ2) is 5.65. The minimum absolute atomic E-state index is 0.0553. The van der Waals surface area contributed by atoms with E-state index in [-0.39, 0.29) is 13.2 Å². The first-order valence-corrected chi connectivity index (χ1v) is 6.43. The average molecular weight is 281 g/mol. The van der Waals surface area contributed by atoms with Crippen molar-refractivity contribution in [1.29, 1.82) is 0 Å². The van der Waals surface area contributed by atoms with Crippen molar-refractivity contribution in [3.8, 4) is 0 Å². The van der Waals surface area contributed by atoms with Crippen LogP contribution >= 0.6 is 11.6 Å².